The van der Waals surface area contributed by atoms with Crippen molar-refractivity contribution in [1.29, 1.82) is 0 Å². The predicted octanol–water partition coefficient (Wildman–Crippen LogP) is 2.02. The summed E-state index contributed by atoms with van der Waals surface area (Å²) in [5.41, 5.74) is 6.68. The molecule has 0 aliphatic rings. The van der Waals surface area contributed by atoms with Crippen LogP contribution >= 0.6 is 12.4 Å². The largest absolute Gasteiger partial charge is 0.343 e. The number of amides is 1. The Labute approximate surface area is 109 Å². The van der Waals surface area contributed by atoms with Crippen LogP contribution in [0, 0.1) is 0 Å². The molecule has 0 saturated carbocycles. The van der Waals surface area contributed by atoms with Crippen molar-refractivity contribution in [3.63, 3.8) is 0 Å². The summed E-state index contributed by atoms with van der Waals surface area (Å²) in [7, 11) is 1.82. The minimum atomic E-state index is -0.228. The Morgan fingerprint density at radius 2 is 1.82 bits per heavy atom. The van der Waals surface area contributed by atoms with Gasteiger partial charge in [0.25, 0.3) is 0 Å². The van der Waals surface area contributed by atoms with Gasteiger partial charge in [0.2, 0.25) is 5.91 Å². The van der Waals surface area contributed by atoms with Gasteiger partial charge in [0.15, 0.2) is 0 Å². The molecule has 1 aromatic rings. The molecule has 0 spiro atoms. The zero-order valence-electron chi connectivity index (χ0n) is 10.6. The monoisotopic (exact) mass is 256 g/mol. The molecule has 17 heavy (non-hydrogen) atoms. The van der Waals surface area contributed by atoms with Crippen LogP contribution in [0.25, 0.3) is 0 Å². The number of carbonyl (C=O) groups is 1. The second-order valence-corrected chi connectivity index (χ2v) is 4.24. The van der Waals surface area contributed by atoms with E-state index in [-0.39, 0.29) is 30.3 Å². The molecular weight excluding hydrogens is 236 g/mol. The van der Waals surface area contributed by atoms with E-state index < -0.39 is 0 Å². The first-order valence-corrected chi connectivity index (χ1v) is 5.59. The number of carbonyl (C=O) groups excluding carboxylic acids is 1. The fourth-order valence-electron chi connectivity index (χ4n) is 1.57. The van der Waals surface area contributed by atoms with E-state index in [1.54, 1.807) is 4.90 Å². The highest BCUT2D eigenvalue weighted by atomic mass is 35.5. The summed E-state index contributed by atoms with van der Waals surface area (Å²) in [4.78, 5) is 13.9. The van der Waals surface area contributed by atoms with Gasteiger partial charge in [-0.2, -0.15) is 0 Å². The number of likely N-dealkylation sites (N-methyl/N-ethyl adjacent to an activating group) is 1. The minimum Gasteiger partial charge on any atom is -0.343 e. The summed E-state index contributed by atoms with van der Waals surface area (Å²) < 4.78 is 0. The van der Waals surface area contributed by atoms with Crippen molar-refractivity contribution in [3.05, 3.63) is 35.9 Å². The molecule has 3 nitrogen and oxygen atoms in total. The van der Waals surface area contributed by atoms with E-state index in [1.807, 2.05) is 51.2 Å². The fraction of sp³-hybridized carbons (Fsp3) is 0.462. The van der Waals surface area contributed by atoms with E-state index in [4.69, 9.17) is 5.73 Å². The van der Waals surface area contributed by atoms with Crippen molar-refractivity contribution < 1.29 is 4.79 Å². The second kappa shape index (κ2) is 7.30. The summed E-state index contributed by atoms with van der Waals surface area (Å²) in [5, 5.41) is 0. The molecule has 2 N–H and O–H groups in total. The Morgan fingerprint density at radius 3 is 2.24 bits per heavy atom. The molecule has 0 aromatic heterocycles. The van der Waals surface area contributed by atoms with Crippen LogP contribution in [0.3, 0.4) is 0 Å². The maximum absolute atomic E-state index is 12.2. The molecule has 4 heteroatoms. The lowest BCUT2D eigenvalue weighted by Crippen LogP contribution is -2.39. The summed E-state index contributed by atoms with van der Waals surface area (Å²) in [5.74, 6) is -0.141. The lowest BCUT2D eigenvalue weighted by atomic mass is 9.97. The highest BCUT2D eigenvalue weighted by molar-refractivity contribution is 5.85. The molecule has 96 valence electrons. The minimum absolute atomic E-state index is 0. The summed E-state index contributed by atoms with van der Waals surface area (Å²) in [6.07, 6.45) is 0. The number of rotatable bonds is 4. The molecule has 0 bridgehead atoms. The predicted molar refractivity (Wildman–Crippen MR) is 73.4 cm³/mol. The normalized spacial score (nSPS) is 11.8. The Hall–Kier alpha value is -1.06. The smallest absolute Gasteiger partial charge is 0.231 e. The van der Waals surface area contributed by atoms with Crippen molar-refractivity contribution in [3.8, 4) is 0 Å². The van der Waals surface area contributed by atoms with E-state index in [0.717, 1.165) is 5.56 Å². The first kappa shape index (κ1) is 15.9. The van der Waals surface area contributed by atoms with Crippen molar-refractivity contribution in [2.24, 2.45) is 5.73 Å². The third-order valence-corrected chi connectivity index (χ3v) is 2.86. The van der Waals surface area contributed by atoms with Crippen LogP contribution in [0.1, 0.15) is 25.3 Å². The average molecular weight is 257 g/mol. The topological polar surface area (TPSA) is 46.3 Å². The molecular formula is C13H21ClN2O. The summed E-state index contributed by atoms with van der Waals surface area (Å²) >= 11 is 0. The van der Waals surface area contributed by atoms with Crippen molar-refractivity contribution in [2.75, 3.05) is 13.6 Å². The molecule has 0 radical (unpaired) electrons. The maximum atomic E-state index is 12.2. The lowest BCUT2D eigenvalue weighted by molar-refractivity contribution is -0.132. The Morgan fingerprint density at radius 1 is 1.29 bits per heavy atom. The van der Waals surface area contributed by atoms with Gasteiger partial charge in [-0.15, -0.1) is 12.4 Å². The third-order valence-electron chi connectivity index (χ3n) is 2.86. The number of hydrogen-bond donors (Lipinski definition) is 1. The van der Waals surface area contributed by atoms with Gasteiger partial charge in [-0.05, 0) is 19.4 Å². The van der Waals surface area contributed by atoms with Crippen molar-refractivity contribution >= 4 is 18.3 Å². The van der Waals surface area contributed by atoms with E-state index in [9.17, 15) is 4.79 Å². The van der Waals surface area contributed by atoms with Crippen LogP contribution < -0.4 is 5.73 Å². The molecule has 0 heterocycles. The van der Waals surface area contributed by atoms with Gasteiger partial charge in [0.1, 0.15) is 0 Å². The number of nitrogens with two attached hydrogens (primary N) is 1. The molecule has 1 rings (SSSR count). The number of benzene rings is 1. The maximum Gasteiger partial charge on any atom is 0.231 e. The van der Waals surface area contributed by atoms with Gasteiger partial charge in [0.05, 0.1) is 5.92 Å². The first-order chi connectivity index (χ1) is 7.57. The second-order valence-electron chi connectivity index (χ2n) is 4.24. The van der Waals surface area contributed by atoms with Crippen LogP contribution in [-0.2, 0) is 4.79 Å². The standard InChI is InChI=1S/C13H20N2O.ClH/c1-10(2)15(3)13(16)12(9-14)11-7-5-4-6-8-11;/h4-8,10,12H,9,14H2,1-3H3;1H. The highest BCUT2D eigenvalue weighted by Gasteiger charge is 2.23. The van der Waals surface area contributed by atoms with Gasteiger partial charge in [-0.25, -0.2) is 0 Å². The third kappa shape index (κ3) is 4.02. The Balaban J connectivity index is 0.00000256. The van der Waals surface area contributed by atoms with Gasteiger partial charge < -0.3 is 10.6 Å². The van der Waals surface area contributed by atoms with Crippen LogP contribution in [0.4, 0.5) is 0 Å². The zero-order valence-corrected chi connectivity index (χ0v) is 11.4. The average Bonchev–Trinajstić information content (AvgIpc) is 2.30. The van der Waals surface area contributed by atoms with E-state index in [1.165, 1.54) is 0 Å². The van der Waals surface area contributed by atoms with Gasteiger partial charge in [-0.1, -0.05) is 30.3 Å². The van der Waals surface area contributed by atoms with Crippen molar-refractivity contribution in [2.45, 2.75) is 25.8 Å². The van der Waals surface area contributed by atoms with Crippen LogP contribution in [0.5, 0.6) is 0 Å². The summed E-state index contributed by atoms with van der Waals surface area (Å²) in [6.45, 7) is 4.34. The number of halogens is 1. The molecule has 0 aliphatic carbocycles. The van der Waals surface area contributed by atoms with Crippen LogP contribution in [0.15, 0.2) is 30.3 Å². The fourth-order valence-corrected chi connectivity index (χ4v) is 1.57. The molecule has 1 amide bonds. The zero-order chi connectivity index (χ0) is 12.1. The number of nitrogens with zero attached hydrogens (tertiary/aromatic N) is 1. The molecule has 0 aliphatic heterocycles. The molecule has 1 aromatic carbocycles. The van der Waals surface area contributed by atoms with E-state index >= 15 is 0 Å². The van der Waals surface area contributed by atoms with Gasteiger partial charge >= 0.3 is 0 Å². The molecule has 1 atom stereocenters. The SMILES string of the molecule is CC(C)N(C)C(=O)C(CN)c1ccccc1.Cl. The van der Waals surface area contributed by atoms with Gasteiger partial charge in [0, 0.05) is 19.6 Å². The van der Waals surface area contributed by atoms with Crippen LogP contribution in [-0.4, -0.2) is 30.4 Å². The van der Waals surface area contributed by atoms with Gasteiger partial charge in [-0.3, -0.25) is 4.79 Å². The quantitative estimate of drug-likeness (QED) is 0.896. The molecule has 0 saturated heterocycles. The first-order valence-electron chi connectivity index (χ1n) is 5.59. The molecule has 1 unspecified atom stereocenters. The lowest BCUT2D eigenvalue weighted by Gasteiger charge is -2.26. The van der Waals surface area contributed by atoms with E-state index in [2.05, 4.69) is 0 Å². The summed E-state index contributed by atoms with van der Waals surface area (Å²) in [6, 6.07) is 9.90. The Kier molecular flexibility index (Phi) is 6.85. The molecule has 0 fully saturated rings. The number of hydrogen-bond acceptors (Lipinski definition) is 2. The van der Waals surface area contributed by atoms with Crippen molar-refractivity contribution in [1.82, 2.24) is 4.90 Å². The highest BCUT2D eigenvalue weighted by Crippen LogP contribution is 2.17. The Bertz CT molecular complexity index is 341. The van der Waals surface area contributed by atoms with E-state index in [0.29, 0.717) is 6.54 Å². The van der Waals surface area contributed by atoms with Crippen LogP contribution in [0.2, 0.25) is 0 Å².